The van der Waals surface area contributed by atoms with Gasteiger partial charge in [0, 0.05) is 18.3 Å². The molecular weight excluding hydrogens is 389 g/mol. The predicted molar refractivity (Wildman–Crippen MR) is 116 cm³/mol. The second kappa shape index (κ2) is 9.59. The number of benzene rings is 2. The van der Waals surface area contributed by atoms with E-state index in [2.05, 4.69) is 17.0 Å². The number of anilines is 2. The molecule has 1 atom stereocenters. The minimum absolute atomic E-state index is 0.179. The molecule has 1 saturated carbocycles. The van der Waals surface area contributed by atoms with Crippen LogP contribution in [0.25, 0.3) is 0 Å². The van der Waals surface area contributed by atoms with Crippen molar-refractivity contribution in [1.29, 1.82) is 0 Å². The van der Waals surface area contributed by atoms with Gasteiger partial charge in [-0.15, -0.1) is 0 Å². The topological polar surface area (TPSA) is 84.2 Å². The monoisotopic (exact) mass is 419 g/mol. The Labute approximate surface area is 172 Å². The summed E-state index contributed by atoms with van der Waals surface area (Å²) in [5.74, 6) is -0.0947. The van der Waals surface area contributed by atoms with E-state index in [1.807, 2.05) is 12.1 Å². The van der Waals surface area contributed by atoms with Crippen LogP contribution in [0.4, 0.5) is 15.8 Å². The van der Waals surface area contributed by atoms with Gasteiger partial charge in [0.05, 0.1) is 5.69 Å². The molecular formula is C22H30FN3O2S. The maximum absolute atomic E-state index is 14.1. The SMILES string of the molecule is CC(CC1CCCCC1)NCc1ccccc1NS(=O)(=O)c1ccc(N)cc1F. The first-order valence-electron chi connectivity index (χ1n) is 10.2. The van der Waals surface area contributed by atoms with Crippen molar-refractivity contribution < 1.29 is 12.8 Å². The van der Waals surface area contributed by atoms with Gasteiger partial charge in [-0.1, -0.05) is 50.3 Å². The first-order chi connectivity index (χ1) is 13.8. The molecule has 158 valence electrons. The van der Waals surface area contributed by atoms with E-state index in [4.69, 9.17) is 5.73 Å². The number of hydrogen-bond acceptors (Lipinski definition) is 4. The van der Waals surface area contributed by atoms with Gasteiger partial charge < -0.3 is 11.1 Å². The van der Waals surface area contributed by atoms with Crippen molar-refractivity contribution in [3.63, 3.8) is 0 Å². The maximum atomic E-state index is 14.1. The number of rotatable bonds is 8. The number of nitrogens with two attached hydrogens (primary N) is 1. The van der Waals surface area contributed by atoms with Crippen molar-refractivity contribution in [3.8, 4) is 0 Å². The number of nitrogen functional groups attached to an aromatic ring is 1. The molecule has 0 aliphatic heterocycles. The molecule has 5 nitrogen and oxygen atoms in total. The molecule has 0 bridgehead atoms. The Kier molecular flexibility index (Phi) is 7.14. The molecule has 0 amide bonds. The van der Waals surface area contributed by atoms with Crippen LogP contribution in [0.2, 0.25) is 0 Å². The van der Waals surface area contributed by atoms with E-state index < -0.39 is 20.7 Å². The van der Waals surface area contributed by atoms with E-state index in [1.54, 1.807) is 12.1 Å². The van der Waals surface area contributed by atoms with Crippen molar-refractivity contribution in [1.82, 2.24) is 5.32 Å². The Bertz CT molecular complexity index is 927. The van der Waals surface area contributed by atoms with Crippen LogP contribution >= 0.6 is 0 Å². The lowest BCUT2D eigenvalue weighted by molar-refractivity contribution is 0.305. The van der Waals surface area contributed by atoms with Crippen LogP contribution in [0.15, 0.2) is 47.4 Å². The molecule has 0 heterocycles. The number of para-hydroxylation sites is 1. The van der Waals surface area contributed by atoms with E-state index in [0.717, 1.165) is 24.0 Å². The molecule has 7 heteroatoms. The predicted octanol–water partition coefficient (Wildman–Crippen LogP) is 4.66. The van der Waals surface area contributed by atoms with Gasteiger partial charge in [-0.2, -0.15) is 0 Å². The minimum Gasteiger partial charge on any atom is -0.399 e. The number of halogens is 1. The summed E-state index contributed by atoms with van der Waals surface area (Å²) in [6.45, 7) is 2.71. The van der Waals surface area contributed by atoms with Crippen LogP contribution in [-0.2, 0) is 16.6 Å². The van der Waals surface area contributed by atoms with Crippen LogP contribution in [0.3, 0.4) is 0 Å². The molecule has 0 saturated heterocycles. The van der Waals surface area contributed by atoms with E-state index in [0.29, 0.717) is 18.3 Å². The van der Waals surface area contributed by atoms with Gasteiger partial charge in [0.1, 0.15) is 10.7 Å². The Morgan fingerprint density at radius 1 is 1.14 bits per heavy atom. The largest absolute Gasteiger partial charge is 0.399 e. The number of hydrogen-bond donors (Lipinski definition) is 3. The lowest BCUT2D eigenvalue weighted by Crippen LogP contribution is -2.29. The summed E-state index contributed by atoms with van der Waals surface area (Å²) in [6, 6.07) is 11.1. The van der Waals surface area contributed by atoms with Gasteiger partial charge in [-0.3, -0.25) is 4.72 Å². The summed E-state index contributed by atoms with van der Waals surface area (Å²) in [7, 11) is -4.05. The van der Waals surface area contributed by atoms with Crippen LogP contribution in [0.1, 0.15) is 51.0 Å². The van der Waals surface area contributed by atoms with E-state index in [1.165, 1.54) is 44.2 Å². The van der Waals surface area contributed by atoms with Crippen molar-refractivity contribution in [3.05, 3.63) is 53.8 Å². The van der Waals surface area contributed by atoms with Crippen molar-refractivity contribution in [2.45, 2.75) is 62.9 Å². The van der Waals surface area contributed by atoms with Crippen molar-refractivity contribution in [2.75, 3.05) is 10.5 Å². The fourth-order valence-electron chi connectivity index (χ4n) is 4.00. The third-order valence-corrected chi connectivity index (χ3v) is 6.96. The van der Waals surface area contributed by atoms with E-state index in [9.17, 15) is 12.8 Å². The Morgan fingerprint density at radius 2 is 1.86 bits per heavy atom. The molecule has 29 heavy (non-hydrogen) atoms. The summed E-state index contributed by atoms with van der Waals surface area (Å²) in [6.07, 6.45) is 7.73. The van der Waals surface area contributed by atoms with E-state index >= 15 is 0 Å². The van der Waals surface area contributed by atoms with Gasteiger partial charge in [0.2, 0.25) is 0 Å². The lowest BCUT2D eigenvalue weighted by atomic mass is 9.85. The third kappa shape index (κ3) is 5.93. The summed E-state index contributed by atoms with van der Waals surface area (Å²) in [5, 5.41) is 3.51. The lowest BCUT2D eigenvalue weighted by Gasteiger charge is -2.25. The van der Waals surface area contributed by atoms with Gasteiger partial charge in [0.25, 0.3) is 10.0 Å². The second-order valence-electron chi connectivity index (χ2n) is 7.97. The molecule has 3 rings (SSSR count). The summed E-state index contributed by atoms with van der Waals surface area (Å²) >= 11 is 0. The smallest absolute Gasteiger partial charge is 0.264 e. The average Bonchev–Trinajstić information content (AvgIpc) is 2.67. The van der Waals surface area contributed by atoms with Gasteiger partial charge in [0.15, 0.2) is 0 Å². The molecule has 1 aliphatic carbocycles. The van der Waals surface area contributed by atoms with Crippen molar-refractivity contribution >= 4 is 21.4 Å². The standard InChI is InChI=1S/C22H30FN3O2S/c1-16(13-17-7-3-2-4-8-17)25-15-18-9-5-6-10-21(18)26-29(27,28)22-12-11-19(24)14-20(22)23/h5-6,9-12,14,16-17,25-26H,2-4,7-8,13,15,24H2,1H3. The number of nitrogens with one attached hydrogen (secondary N) is 2. The Balaban J connectivity index is 1.66. The fraction of sp³-hybridized carbons (Fsp3) is 0.455. The van der Waals surface area contributed by atoms with E-state index in [-0.39, 0.29) is 5.69 Å². The fourth-order valence-corrected chi connectivity index (χ4v) is 5.16. The molecule has 2 aromatic carbocycles. The average molecular weight is 420 g/mol. The van der Waals surface area contributed by atoms with Crippen LogP contribution in [-0.4, -0.2) is 14.5 Å². The van der Waals surface area contributed by atoms with Crippen molar-refractivity contribution in [2.24, 2.45) is 5.92 Å². The zero-order valence-corrected chi connectivity index (χ0v) is 17.6. The van der Waals surface area contributed by atoms with Gasteiger partial charge in [-0.05, 0) is 49.1 Å². The molecule has 1 aliphatic rings. The number of sulfonamides is 1. The van der Waals surface area contributed by atoms with Crippen LogP contribution < -0.4 is 15.8 Å². The quantitative estimate of drug-likeness (QED) is 0.544. The first-order valence-corrected chi connectivity index (χ1v) is 11.7. The molecule has 0 spiro atoms. The zero-order chi connectivity index (χ0) is 20.9. The molecule has 1 unspecified atom stereocenters. The molecule has 0 radical (unpaired) electrons. The first kappa shape index (κ1) is 21.6. The normalized spacial score (nSPS) is 16.5. The minimum atomic E-state index is -4.05. The molecule has 1 fully saturated rings. The highest BCUT2D eigenvalue weighted by atomic mass is 32.2. The highest BCUT2D eigenvalue weighted by Crippen LogP contribution is 2.28. The van der Waals surface area contributed by atoms with Gasteiger partial charge in [-0.25, -0.2) is 12.8 Å². The Hall–Kier alpha value is -2.12. The summed E-state index contributed by atoms with van der Waals surface area (Å²) < 4.78 is 42.0. The zero-order valence-electron chi connectivity index (χ0n) is 16.8. The summed E-state index contributed by atoms with van der Waals surface area (Å²) in [5.41, 5.74) is 6.96. The molecule has 4 N–H and O–H groups in total. The molecule has 2 aromatic rings. The third-order valence-electron chi connectivity index (χ3n) is 5.56. The highest BCUT2D eigenvalue weighted by Gasteiger charge is 2.21. The van der Waals surface area contributed by atoms with Gasteiger partial charge >= 0.3 is 0 Å². The highest BCUT2D eigenvalue weighted by molar-refractivity contribution is 7.92. The summed E-state index contributed by atoms with van der Waals surface area (Å²) in [4.78, 5) is -0.417. The molecule has 0 aromatic heterocycles. The van der Waals surface area contributed by atoms with Crippen LogP contribution in [0.5, 0.6) is 0 Å². The second-order valence-corrected chi connectivity index (χ2v) is 9.63. The Morgan fingerprint density at radius 3 is 2.59 bits per heavy atom. The maximum Gasteiger partial charge on any atom is 0.264 e. The van der Waals surface area contributed by atoms with Crippen LogP contribution in [0, 0.1) is 11.7 Å².